The number of unbranched alkanes of at least 4 members (excludes halogenated alkanes) is 2. The van der Waals surface area contributed by atoms with E-state index in [1.54, 1.807) is 0 Å². The van der Waals surface area contributed by atoms with Gasteiger partial charge in [0.1, 0.15) is 0 Å². The van der Waals surface area contributed by atoms with Crippen LogP contribution in [0.25, 0.3) is 0 Å². The fourth-order valence-corrected chi connectivity index (χ4v) is 5.64. The molecule has 0 spiro atoms. The number of carbonyl (C=O) groups excluding carboxylic acids is 4. The number of nitrogens with zero attached hydrogens (tertiary/aromatic N) is 2. The number of aliphatic hydroxyl groups is 1. The first-order valence-corrected chi connectivity index (χ1v) is 15.1. The predicted molar refractivity (Wildman–Crippen MR) is 134 cm³/mol. The van der Waals surface area contributed by atoms with E-state index in [0.29, 0.717) is 32.4 Å². The Morgan fingerprint density at radius 3 is 2.39 bits per heavy atom. The van der Waals surface area contributed by atoms with Crippen LogP contribution in [0.15, 0.2) is 12.2 Å². The molecule has 2 atom stereocenters. The summed E-state index contributed by atoms with van der Waals surface area (Å²) in [6, 6.07) is -0.434. The van der Waals surface area contributed by atoms with Crippen molar-refractivity contribution in [3.63, 3.8) is 0 Å². The SMILES string of the molecule is O=C(NCCCCCC(=O)N1C[C@H](O)C[C@H]1COP(O)(O)=S)C1CCC(CN2C(=O)C=CC2=O)CC1. The van der Waals surface area contributed by atoms with Gasteiger partial charge in [-0.15, -0.1) is 0 Å². The number of hydrogen-bond donors (Lipinski definition) is 4. The molecule has 0 radical (unpaired) electrons. The van der Waals surface area contributed by atoms with Gasteiger partial charge in [-0.3, -0.25) is 24.1 Å². The Labute approximate surface area is 216 Å². The van der Waals surface area contributed by atoms with Gasteiger partial charge < -0.3 is 29.6 Å². The molecule has 1 saturated carbocycles. The number of nitrogens with one attached hydrogen (secondary N) is 1. The van der Waals surface area contributed by atoms with Crippen molar-refractivity contribution in [1.29, 1.82) is 0 Å². The largest absolute Gasteiger partial charge is 0.391 e. The minimum atomic E-state index is -3.81. The average molecular weight is 546 g/mol. The van der Waals surface area contributed by atoms with Gasteiger partial charge in [-0.1, -0.05) is 6.42 Å². The standard InChI is InChI=1S/C23H36N3O8PS/c27-19-12-18(15-34-35(32,33)36)25(14-19)20(28)4-2-1-3-11-24-23(31)17-7-5-16(6-8-17)13-26-21(29)9-10-22(26)30/h9-10,16-19,27H,1-8,11-15H2,(H,24,31)(H2,32,33,36)/t16?,17?,18-,19+/m0/s1. The first kappa shape index (κ1) is 28.9. The summed E-state index contributed by atoms with van der Waals surface area (Å²) >= 11 is 4.44. The van der Waals surface area contributed by atoms with Gasteiger partial charge in [-0.05, 0) is 62.7 Å². The summed E-state index contributed by atoms with van der Waals surface area (Å²) in [6.45, 7) is -2.79. The van der Waals surface area contributed by atoms with Crippen molar-refractivity contribution in [3.8, 4) is 0 Å². The minimum absolute atomic E-state index is 0.0295. The van der Waals surface area contributed by atoms with Crippen LogP contribution in [0.3, 0.4) is 0 Å². The molecule has 13 heteroatoms. The third kappa shape index (κ3) is 8.71. The summed E-state index contributed by atoms with van der Waals surface area (Å²) in [4.78, 5) is 69.7. The highest BCUT2D eigenvalue weighted by atomic mass is 32.5. The molecule has 1 saturated heterocycles. The first-order chi connectivity index (χ1) is 17.0. The molecule has 2 aliphatic heterocycles. The summed E-state index contributed by atoms with van der Waals surface area (Å²) in [6.07, 6.45) is 7.75. The number of likely N-dealkylation sites (tertiary alicyclic amines) is 1. The topological polar surface area (TPSA) is 157 Å². The van der Waals surface area contributed by atoms with Crippen LogP contribution in [-0.2, 0) is 35.5 Å². The second-order valence-electron chi connectivity index (χ2n) is 9.82. The zero-order valence-electron chi connectivity index (χ0n) is 20.3. The van der Waals surface area contributed by atoms with Gasteiger partial charge in [0.25, 0.3) is 11.8 Å². The van der Waals surface area contributed by atoms with Crippen molar-refractivity contribution in [1.82, 2.24) is 15.1 Å². The van der Waals surface area contributed by atoms with E-state index in [9.17, 15) is 34.1 Å². The van der Waals surface area contributed by atoms with E-state index in [1.807, 2.05) is 0 Å². The van der Waals surface area contributed by atoms with Crippen molar-refractivity contribution in [2.45, 2.75) is 69.9 Å². The van der Waals surface area contributed by atoms with Crippen molar-refractivity contribution >= 4 is 42.2 Å². The van der Waals surface area contributed by atoms with E-state index in [0.717, 1.165) is 38.5 Å². The lowest BCUT2D eigenvalue weighted by atomic mass is 9.81. The summed E-state index contributed by atoms with van der Waals surface area (Å²) < 4.78 is 4.88. The Kier molecular flexibility index (Phi) is 10.6. The third-order valence-electron chi connectivity index (χ3n) is 7.07. The molecule has 4 amide bonds. The maximum atomic E-state index is 12.5. The smallest absolute Gasteiger partial charge is 0.321 e. The molecular weight excluding hydrogens is 509 g/mol. The second-order valence-corrected chi connectivity index (χ2v) is 12.5. The molecule has 3 rings (SSSR count). The van der Waals surface area contributed by atoms with Crippen molar-refractivity contribution < 1.29 is 38.6 Å². The number of amides is 4. The number of hydrogen-bond acceptors (Lipinski definition) is 7. The van der Waals surface area contributed by atoms with Gasteiger partial charge >= 0.3 is 6.72 Å². The van der Waals surface area contributed by atoms with Crippen LogP contribution >= 0.6 is 6.72 Å². The molecule has 0 unspecified atom stereocenters. The Morgan fingerprint density at radius 1 is 1.08 bits per heavy atom. The summed E-state index contributed by atoms with van der Waals surface area (Å²) in [5.41, 5.74) is 0. The van der Waals surface area contributed by atoms with E-state index in [1.165, 1.54) is 22.0 Å². The molecule has 2 heterocycles. The Balaban J connectivity index is 1.26. The lowest BCUT2D eigenvalue weighted by Gasteiger charge is -2.30. The molecule has 0 aromatic heterocycles. The number of aliphatic hydroxyl groups excluding tert-OH is 1. The molecule has 3 aliphatic rings. The van der Waals surface area contributed by atoms with Gasteiger partial charge in [-0.2, -0.15) is 0 Å². The molecule has 1 aliphatic carbocycles. The first-order valence-electron chi connectivity index (χ1n) is 12.5. The summed E-state index contributed by atoms with van der Waals surface area (Å²) in [5, 5.41) is 12.9. The van der Waals surface area contributed by atoms with Crippen LogP contribution in [0.2, 0.25) is 0 Å². The average Bonchev–Trinajstić information content (AvgIpc) is 3.36. The fourth-order valence-electron chi connectivity index (χ4n) is 5.09. The van der Waals surface area contributed by atoms with E-state index < -0.39 is 18.9 Å². The molecule has 0 bridgehead atoms. The molecule has 11 nitrogen and oxygen atoms in total. The molecule has 36 heavy (non-hydrogen) atoms. The Bertz CT molecular complexity index is 884. The van der Waals surface area contributed by atoms with E-state index in [4.69, 9.17) is 4.52 Å². The van der Waals surface area contributed by atoms with Crippen LogP contribution in [0.5, 0.6) is 0 Å². The number of carbonyl (C=O) groups is 4. The van der Waals surface area contributed by atoms with E-state index in [2.05, 4.69) is 17.1 Å². The molecule has 0 aromatic carbocycles. The normalized spacial score (nSPS) is 26.6. The van der Waals surface area contributed by atoms with Crippen LogP contribution < -0.4 is 5.32 Å². The predicted octanol–water partition coefficient (Wildman–Crippen LogP) is 0.582. The summed E-state index contributed by atoms with van der Waals surface area (Å²) in [7, 11) is 0. The highest BCUT2D eigenvalue weighted by molar-refractivity contribution is 8.06. The molecular formula is C23H36N3O8PS. The Hall–Kier alpha value is -1.69. The quantitative estimate of drug-likeness (QED) is 0.156. The monoisotopic (exact) mass is 545 g/mol. The lowest BCUT2D eigenvalue weighted by Crippen LogP contribution is -2.38. The number of β-amino-alcohol motifs (C(OH)–C–C–N with tert-alkyl or cyclic N) is 1. The highest BCUT2D eigenvalue weighted by Gasteiger charge is 2.35. The number of rotatable bonds is 12. The molecule has 4 N–H and O–H groups in total. The zero-order chi connectivity index (χ0) is 26.3. The fraction of sp³-hybridized carbons (Fsp3) is 0.739. The van der Waals surface area contributed by atoms with Crippen LogP contribution in [0.4, 0.5) is 0 Å². The van der Waals surface area contributed by atoms with Gasteiger partial charge in [0.05, 0.1) is 18.8 Å². The van der Waals surface area contributed by atoms with E-state index >= 15 is 0 Å². The van der Waals surface area contributed by atoms with Crippen molar-refractivity contribution in [3.05, 3.63) is 12.2 Å². The van der Waals surface area contributed by atoms with Crippen LogP contribution in [-0.4, -0.2) is 86.7 Å². The lowest BCUT2D eigenvalue weighted by molar-refractivity contribution is -0.138. The van der Waals surface area contributed by atoms with Gasteiger partial charge in [0, 0.05) is 44.1 Å². The molecule has 202 valence electrons. The highest BCUT2D eigenvalue weighted by Crippen LogP contribution is 2.37. The van der Waals surface area contributed by atoms with Crippen LogP contribution in [0, 0.1) is 11.8 Å². The van der Waals surface area contributed by atoms with Gasteiger partial charge in [0.2, 0.25) is 11.8 Å². The molecule has 2 fully saturated rings. The van der Waals surface area contributed by atoms with E-state index in [-0.39, 0.29) is 48.6 Å². The third-order valence-corrected chi connectivity index (χ3v) is 7.87. The zero-order valence-corrected chi connectivity index (χ0v) is 22.0. The Morgan fingerprint density at radius 2 is 1.75 bits per heavy atom. The summed E-state index contributed by atoms with van der Waals surface area (Å²) in [5.74, 6) is -0.445. The van der Waals surface area contributed by atoms with Gasteiger partial charge in [-0.25, -0.2) is 0 Å². The van der Waals surface area contributed by atoms with Crippen molar-refractivity contribution in [2.75, 3.05) is 26.2 Å². The van der Waals surface area contributed by atoms with Crippen LogP contribution in [0.1, 0.15) is 57.8 Å². The maximum absolute atomic E-state index is 12.5. The molecule has 0 aromatic rings. The van der Waals surface area contributed by atoms with Gasteiger partial charge in [0.15, 0.2) is 0 Å². The second kappa shape index (κ2) is 13.2. The number of imide groups is 1. The minimum Gasteiger partial charge on any atom is -0.391 e. The van der Waals surface area contributed by atoms with Crippen molar-refractivity contribution in [2.24, 2.45) is 11.8 Å². The maximum Gasteiger partial charge on any atom is 0.321 e.